The van der Waals surface area contributed by atoms with Crippen molar-refractivity contribution < 1.29 is 14.3 Å². The Morgan fingerprint density at radius 1 is 1.35 bits per heavy atom. The Hall–Kier alpha value is -1.84. The fraction of sp³-hybridized carbons (Fsp3) is 0.500. The zero-order chi connectivity index (χ0) is 14.8. The molecular weight excluding hydrogens is 254 g/mol. The number of hydrogen-bond acceptors (Lipinski definition) is 3. The largest absolute Gasteiger partial charge is 0.481 e. The van der Waals surface area contributed by atoms with Gasteiger partial charge in [-0.2, -0.15) is 0 Å². The third kappa shape index (κ3) is 3.38. The zero-order valence-corrected chi connectivity index (χ0v) is 12.2. The second-order valence-electron chi connectivity index (χ2n) is 5.75. The molecule has 1 N–H and O–H groups in total. The SMILES string of the molecule is CC(=O)c1cccc(O[C@@H](C)C(=O)NC2(C)CCC2)c1. The topological polar surface area (TPSA) is 55.4 Å². The van der Waals surface area contributed by atoms with Crippen molar-refractivity contribution in [3.8, 4) is 5.75 Å². The van der Waals surface area contributed by atoms with Crippen molar-refractivity contribution in [3.05, 3.63) is 29.8 Å². The van der Waals surface area contributed by atoms with Crippen LogP contribution in [0.25, 0.3) is 0 Å². The fourth-order valence-corrected chi connectivity index (χ4v) is 2.28. The number of hydrogen-bond donors (Lipinski definition) is 1. The Labute approximate surface area is 119 Å². The summed E-state index contributed by atoms with van der Waals surface area (Å²) < 4.78 is 5.62. The van der Waals surface area contributed by atoms with E-state index in [-0.39, 0.29) is 17.2 Å². The Kier molecular flexibility index (Phi) is 4.12. The minimum Gasteiger partial charge on any atom is -0.481 e. The first kappa shape index (κ1) is 14.6. The molecule has 1 aliphatic rings. The molecule has 1 atom stereocenters. The summed E-state index contributed by atoms with van der Waals surface area (Å²) in [4.78, 5) is 23.4. The molecular formula is C16H21NO3. The van der Waals surface area contributed by atoms with Crippen molar-refractivity contribution in [2.45, 2.75) is 51.7 Å². The highest BCUT2D eigenvalue weighted by Gasteiger charge is 2.34. The molecule has 2 rings (SSSR count). The van der Waals surface area contributed by atoms with Gasteiger partial charge in [0.05, 0.1) is 0 Å². The number of benzene rings is 1. The van der Waals surface area contributed by atoms with Crippen LogP contribution in [0.5, 0.6) is 5.75 Å². The lowest BCUT2D eigenvalue weighted by Gasteiger charge is -2.39. The third-order valence-corrected chi connectivity index (χ3v) is 3.80. The number of amides is 1. The molecule has 4 heteroatoms. The van der Waals surface area contributed by atoms with Gasteiger partial charge in [-0.15, -0.1) is 0 Å². The van der Waals surface area contributed by atoms with Crippen LogP contribution in [0.4, 0.5) is 0 Å². The van der Waals surface area contributed by atoms with E-state index in [1.807, 2.05) is 0 Å². The van der Waals surface area contributed by atoms with E-state index in [0.29, 0.717) is 11.3 Å². The van der Waals surface area contributed by atoms with E-state index in [4.69, 9.17) is 4.74 Å². The van der Waals surface area contributed by atoms with Gasteiger partial charge < -0.3 is 10.1 Å². The molecule has 1 amide bonds. The van der Waals surface area contributed by atoms with Crippen molar-refractivity contribution in [1.82, 2.24) is 5.32 Å². The predicted molar refractivity (Wildman–Crippen MR) is 76.9 cm³/mol. The molecule has 0 spiro atoms. The van der Waals surface area contributed by atoms with E-state index in [9.17, 15) is 9.59 Å². The van der Waals surface area contributed by atoms with Gasteiger partial charge in [-0.05, 0) is 52.2 Å². The van der Waals surface area contributed by atoms with Gasteiger partial charge in [0.25, 0.3) is 5.91 Å². The molecule has 0 aliphatic heterocycles. The summed E-state index contributed by atoms with van der Waals surface area (Å²) in [6.45, 7) is 5.28. The standard InChI is InChI=1S/C16H21NO3/c1-11(18)13-6-4-7-14(10-13)20-12(2)15(19)17-16(3)8-5-9-16/h4,6-7,10,12H,5,8-9H2,1-3H3,(H,17,19)/t12-/m0/s1. The average molecular weight is 275 g/mol. The molecule has 108 valence electrons. The molecule has 20 heavy (non-hydrogen) atoms. The van der Waals surface area contributed by atoms with Crippen LogP contribution in [0.2, 0.25) is 0 Å². The van der Waals surface area contributed by atoms with Gasteiger partial charge in [0, 0.05) is 11.1 Å². The maximum Gasteiger partial charge on any atom is 0.261 e. The number of nitrogens with one attached hydrogen (secondary N) is 1. The van der Waals surface area contributed by atoms with Crippen molar-refractivity contribution in [3.63, 3.8) is 0 Å². The second kappa shape index (κ2) is 5.65. The van der Waals surface area contributed by atoms with Gasteiger partial charge in [-0.25, -0.2) is 0 Å². The monoisotopic (exact) mass is 275 g/mol. The van der Waals surface area contributed by atoms with Crippen LogP contribution in [-0.4, -0.2) is 23.3 Å². The molecule has 1 fully saturated rings. The van der Waals surface area contributed by atoms with Crippen LogP contribution in [-0.2, 0) is 4.79 Å². The van der Waals surface area contributed by atoms with Gasteiger partial charge in [0.1, 0.15) is 5.75 Å². The van der Waals surface area contributed by atoms with Gasteiger partial charge in [0.2, 0.25) is 0 Å². The number of rotatable bonds is 5. The minimum absolute atomic E-state index is 0.0190. The van der Waals surface area contributed by atoms with E-state index in [1.54, 1.807) is 31.2 Å². The highest BCUT2D eigenvalue weighted by Crippen LogP contribution is 2.31. The Morgan fingerprint density at radius 2 is 2.05 bits per heavy atom. The van der Waals surface area contributed by atoms with Gasteiger partial charge >= 0.3 is 0 Å². The van der Waals surface area contributed by atoms with Gasteiger partial charge in [-0.1, -0.05) is 12.1 Å². The summed E-state index contributed by atoms with van der Waals surface area (Å²) in [5.74, 6) is 0.411. The Morgan fingerprint density at radius 3 is 2.60 bits per heavy atom. The molecule has 4 nitrogen and oxygen atoms in total. The maximum absolute atomic E-state index is 12.1. The molecule has 0 aromatic heterocycles. The van der Waals surface area contributed by atoms with Crippen LogP contribution in [0, 0.1) is 0 Å². The van der Waals surface area contributed by atoms with Gasteiger partial charge in [-0.3, -0.25) is 9.59 Å². The summed E-state index contributed by atoms with van der Waals surface area (Å²) in [6, 6.07) is 6.90. The van der Waals surface area contributed by atoms with Crippen molar-refractivity contribution in [1.29, 1.82) is 0 Å². The van der Waals surface area contributed by atoms with E-state index >= 15 is 0 Å². The number of ether oxygens (including phenoxy) is 1. The summed E-state index contributed by atoms with van der Waals surface area (Å²) in [6.07, 6.45) is 2.62. The summed E-state index contributed by atoms with van der Waals surface area (Å²) >= 11 is 0. The highest BCUT2D eigenvalue weighted by atomic mass is 16.5. The molecule has 1 aromatic rings. The molecule has 0 unspecified atom stereocenters. The quantitative estimate of drug-likeness (QED) is 0.841. The van der Waals surface area contributed by atoms with E-state index in [0.717, 1.165) is 19.3 Å². The molecule has 0 heterocycles. The van der Waals surface area contributed by atoms with Crippen LogP contribution in [0.3, 0.4) is 0 Å². The molecule has 0 bridgehead atoms. The van der Waals surface area contributed by atoms with E-state index in [1.165, 1.54) is 6.92 Å². The Balaban J connectivity index is 1.96. The zero-order valence-electron chi connectivity index (χ0n) is 12.2. The van der Waals surface area contributed by atoms with Crippen LogP contribution in [0.15, 0.2) is 24.3 Å². The fourth-order valence-electron chi connectivity index (χ4n) is 2.28. The van der Waals surface area contributed by atoms with Crippen molar-refractivity contribution in [2.24, 2.45) is 0 Å². The van der Waals surface area contributed by atoms with Crippen LogP contribution < -0.4 is 10.1 Å². The van der Waals surface area contributed by atoms with Crippen LogP contribution in [0.1, 0.15) is 50.4 Å². The lowest BCUT2D eigenvalue weighted by molar-refractivity contribution is -0.130. The highest BCUT2D eigenvalue weighted by molar-refractivity contribution is 5.94. The first-order valence-electron chi connectivity index (χ1n) is 6.99. The van der Waals surface area contributed by atoms with E-state index < -0.39 is 6.10 Å². The molecule has 0 radical (unpaired) electrons. The first-order chi connectivity index (χ1) is 9.39. The number of carbonyl (C=O) groups is 2. The summed E-state index contributed by atoms with van der Waals surface area (Å²) in [7, 11) is 0. The Bertz CT molecular complexity index is 520. The van der Waals surface area contributed by atoms with Gasteiger partial charge in [0.15, 0.2) is 11.9 Å². The molecule has 1 aliphatic carbocycles. The predicted octanol–water partition coefficient (Wildman–Crippen LogP) is 2.72. The minimum atomic E-state index is -0.574. The number of Topliss-reactive ketones (excluding diaryl/α,β-unsaturated/α-hetero) is 1. The summed E-state index contributed by atoms with van der Waals surface area (Å²) in [5, 5.41) is 3.02. The maximum atomic E-state index is 12.1. The molecule has 0 saturated heterocycles. The summed E-state index contributed by atoms with van der Waals surface area (Å²) in [5.41, 5.74) is 0.511. The normalized spacial score (nSPS) is 17.8. The van der Waals surface area contributed by atoms with Crippen molar-refractivity contribution >= 4 is 11.7 Å². The smallest absolute Gasteiger partial charge is 0.261 e. The average Bonchev–Trinajstić information content (AvgIpc) is 2.37. The van der Waals surface area contributed by atoms with E-state index in [2.05, 4.69) is 12.2 Å². The lowest BCUT2D eigenvalue weighted by Crippen LogP contribution is -2.54. The second-order valence-corrected chi connectivity index (χ2v) is 5.75. The van der Waals surface area contributed by atoms with Crippen LogP contribution >= 0.6 is 0 Å². The number of ketones is 1. The molecule has 1 saturated carbocycles. The third-order valence-electron chi connectivity index (χ3n) is 3.80. The van der Waals surface area contributed by atoms with Crippen molar-refractivity contribution in [2.75, 3.05) is 0 Å². The number of carbonyl (C=O) groups excluding carboxylic acids is 2. The molecule has 1 aromatic carbocycles. The first-order valence-corrected chi connectivity index (χ1v) is 6.99. The lowest BCUT2D eigenvalue weighted by atomic mass is 9.78.